The molecule has 29 heavy (non-hydrogen) atoms. The summed E-state index contributed by atoms with van der Waals surface area (Å²) in [6.07, 6.45) is 0. The highest BCUT2D eigenvalue weighted by Gasteiger charge is 2.35. The summed E-state index contributed by atoms with van der Waals surface area (Å²) in [6, 6.07) is 10.3. The van der Waals surface area contributed by atoms with Crippen LogP contribution in [0.3, 0.4) is 0 Å². The van der Waals surface area contributed by atoms with Crippen molar-refractivity contribution in [2.75, 3.05) is 16.9 Å². The number of thioether (sulfide) groups is 1. The van der Waals surface area contributed by atoms with Gasteiger partial charge in [0.1, 0.15) is 6.04 Å². The lowest BCUT2D eigenvalue weighted by Gasteiger charge is -2.23. The van der Waals surface area contributed by atoms with E-state index < -0.39 is 6.04 Å². The fraction of sp³-hybridized carbons (Fsp3) is 0.286. The topological polar surface area (TPSA) is 87.2 Å². The molecule has 0 aliphatic carbocycles. The van der Waals surface area contributed by atoms with E-state index in [1.807, 2.05) is 32.0 Å². The number of hydrogen-bond acceptors (Lipinski definition) is 4. The highest BCUT2D eigenvalue weighted by molar-refractivity contribution is 7.99. The van der Waals surface area contributed by atoms with Gasteiger partial charge in [0.15, 0.2) is 0 Å². The molecule has 150 valence electrons. The molecule has 2 heterocycles. The molecule has 1 saturated heterocycles. The first-order valence-corrected chi connectivity index (χ1v) is 10.5. The number of fused-ring (bicyclic) bond motifs is 1. The zero-order valence-electron chi connectivity index (χ0n) is 16.5. The highest BCUT2D eigenvalue weighted by atomic mass is 32.2. The van der Waals surface area contributed by atoms with Crippen LogP contribution in [0.2, 0.25) is 0 Å². The van der Waals surface area contributed by atoms with E-state index in [9.17, 15) is 14.4 Å². The number of benzene rings is 2. The fourth-order valence-corrected chi connectivity index (χ4v) is 4.65. The average molecular weight is 410 g/mol. The van der Waals surface area contributed by atoms with Gasteiger partial charge >= 0.3 is 5.69 Å². The Balaban J connectivity index is 1.57. The van der Waals surface area contributed by atoms with Crippen molar-refractivity contribution in [2.24, 2.45) is 7.05 Å². The molecular formula is C21H22N4O3S. The van der Waals surface area contributed by atoms with E-state index in [1.165, 1.54) is 4.57 Å². The number of H-pyrrole nitrogens is 1. The normalized spacial score (nSPS) is 16.4. The van der Waals surface area contributed by atoms with Gasteiger partial charge in [0.25, 0.3) is 5.91 Å². The van der Waals surface area contributed by atoms with Gasteiger partial charge in [-0.3, -0.25) is 14.2 Å². The van der Waals surface area contributed by atoms with Gasteiger partial charge in [-0.1, -0.05) is 12.1 Å². The number of nitrogens with zero attached hydrogens (tertiary/aromatic N) is 2. The minimum Gasteiger partial charge on any atom is -0.324 e. The van der Waals surface area contributed by atoms with Crippen molar-refractivity contribution < 1.29 is 9.59 Å². The maximum absolute atomic E-state index is 13.1. The molecule has 1 atom stereocenters. The summed E-state index contributed by atoms with van der Waals surface area (Å²) < 4.78 is 1.50. The van der Waals surface area contributed by atoms with E-state index in [0.29, 0.717) is 22.7 Å². The molecule has 2 aromatic carbocycles. The minimum absolute atomic E-state index is 0.189. The third-order valence-corrected chi connectivity index (χ3v) is 6.47. The molecule has 0 spiro atoms. The van der Waals surface area contributed by atoms with Gasteiger partial charge in [-0.15, -0.1) is 11.8 Å². The van der Waals surface area contributed by atoms with Gasteiger partial charge in [0.2, 0.25) is 5.91 Å². The van der Waals surface area contributed by atoms with Crippen LogP contribution in [0.1, 0.15) is 21.5 Å². The molecule has 3 aromatic rings. The second-order valence-corrected chi connectivity index (χ2v) is 8.25. The zero-order chi connectivity index (χ0) is 20.7. The lowest BCUT2D eigenvalue weighted by Crippen LogP contribution is -2.44. The van der Waals surface area contributed by atoms with Crippen LogP contribution in [-0.4, -0.2) is 43.9 Å². The molecule has 1 aliphatic rings. The van der Waals surface area contributed by atoms with E-state index >= 15 is 0 Å². The van der Waals surface area contributed by atoms with Crippen LogP contribution in [0, 0.1) is 13.8 Å². The van der Waals surface area contributed by atoms with Crippen LogP contribution in [0.4, 0.5) is 5.69 Å². The van der Waals surface area contributed by atoms with Crippen molar-refractivity contribution in [1.29, 1.82) is 0 Å². The molecule has 0 bridgehead atoms. The predicted octanol–water partition coefficient (Wildman–Crippen LogP) is 2.64. The smallest absolute Gasteiger partial charge is 0.324 e. The number of carbonyl (C=O) groups is 2. The van der Waals surface area contributed by atoms with E-state index in [2.05, 4.69) is 10.3 Å². The molecule has 1 aliphatic heterocycles. The van der Waals surface area contributed by atoms with Crippen molar-refractivity contribution in [2.45, 2.75) is 19.9 Å². The zero-order valence-corrected chi connectivity index (χ0v) is 17.3. The molecule has 0 saturated carbocycles. The first-order valence-electron chi connectivity index (χ1n) is 9.31. The minimum atomic E-state index is -0.544. The van der Waals surface area contributed by atoms with Crippen molar-refractivity contribution in [1.82, 2.24) is 14.5 Å². The Kier molecular flexibility index (Phi) is 4.96. The van der Waals surface area contributed by atoms with Crippen LogP contribution in [0.15, 0.2) is 41.2 Å². The van der Waals surface area contributed by atoms with Gasteiger partial charge in [-0.05, 0) is 49.2 Å². The Labute approximate surface area is 172 Å². The van der Waals surface area contributed by atoms with E-state index in [1.54, 1.807) is 41.9 Å². The Morgan fingerprint density at radius 2 is 2.00 bits per heavy atom. The van der Waals surface area contributed by atoms with Gasteiger partial charge < -0.3 is 15.2 Å². The maximum Gasteiger partial charge on any atom is 0.326 e. The van der Waals surface area contributed by atoms with Crippen molar-refractivity contribution in [3.63, 3.8) is 0 Å². The molecule has 2 N–H and O–H groups in total. The largest absolute Gasteiger partial charge is 0.326 e. The van der Waals surface area contributed by atoms with Crippen LogP contribution in [0.5, 0.6) is 0 Å². The number of hydrogen-bond donors (Lipinski definition) is 2. The molecule has 7 nitrogen and oxygen atoms in total. The van der Waals surface area contributed by atoms with Gasteiger partial charge in [-0.2, -0.15) is 0 Å². The number of aromatic amines is 1. The fourth-order valence-electron chi connectivity index (χ4n) is 3.50. The Morgan fingerprint density at radius 1 is 1.21 bits per heavy atom. The number of nitrogens with one attached hydrogen (secondary N) is 2. The van der Waals surface area contributed by atoms with Crippen molar-refractivity contribution in [3.8, 4) is 0 Å². The summed E-state index contributed by atoms with van der Waals surface area (Å²) in [5.74, 6) is 0.592. The summed E-state index contributed by atoms with van der Waals surface area (Å²) in [4.78, 5) is 42.2. The average Bonchev–Trinajstić information content (AvgIpc) is 3.30. The molecule has 2 amide bonds. The summed E-state index contributed by atoms with van der Waals surface area (Å²) in [6.45, 7) is 3.96. The van der Waals surface area contributed by atoms with Crippen molar-refractivity contribution >= 4 is 40.3 Å². The van der Waals surface area contributed by atoms with Crippen LogP contribution in [-0.2, 0) is 11.8 Å². The molecular weight excluding hydrogens is 388 g/mol. The lowest BCUT2D eigenvalue weighted by molar-refractivity contribution is -0.119. The SMILES string of the molecule is Cc1cccc(NC(=O)C2CSCN2C(=O)c2ccc3c(c2)[nH]c(=O)n3C)c1C. The second kappa shape index (κ2) is 7.44. The highest BCUT2D eigenvalue weighted by Crippen LogP contribution is 2.26. The van der Waals surface area contributed by atoms with Gasteiger partial charge in [-0.25, -0.2) is 4.79 Å². The van der Waals surface area contributed by atoms with E-state index in [-0.39, 0.29) is 17.5 Å². The van der Waals surface area contributed by atoms with E-state index in [4.69, 9.17) is 0 Å². The number of aromatic nitrogens is 2. The Hall–Kier alpha value is -3.00. The molecule has 1 fully saturated rings. The monoisotopic (exact) mass is 410 g/mol. The molecule has 1 unspecified atom stereocenters. The summed E-state index contributed by atoms with van der Waals surface area (Å²) in [5, 5.41) is 2.97. The van der Waals surface area contributed by atoms with Crippen molar-refractivity contribution in [3.05, 3.63) is 63.6 Å². The van der Waals surface area contributed by atoms with Gasteiger partial charge in [0, 0.05) is 24.1 Å². The van der Waals surface area contributed by atoms with Crippen LogP contribution >= 0.6 is 11.8 Å². The number of imidazole rings is 1. The second-order valence-electron chi connectivity index (χ2n) is 7.25. The summed E-state index contributed by atoms with van der Waals surface area (Å²) in [5.41, 5.74) is 4.43. The maximum atomic E-state index is 13.1. The van der Waals surface area contributed by atoms with Gasteiger partial charge in [0.05, 0.1) is 16.9 Å². The number of carbonyl (C=O) groups excluding carboxylic acids is 2. The first-order chi connectivity index (χ1) is 13.9. The summed E-state index contributed by atoms with van der Waals surface area (Å²) in [7, 11) is 1.67. The molecule has 1 aromatic heterocycles. The van der Waals surface area contributed by atoms with Crippen LogP contribution < -0.4 is 11.0 Å². The first kappa shape index (κ1) is 19.3. The lowest BCUT2D eigenvalue weighted by atomic mass is 10.1. The Bertz CT molecular complexity index is 1180. The molecule has 8 heteroatoms. The van der Waals surface area contributed by atoms with E-state index in [0.717, 1.165) is 22.3 Å². The number of anilines is 1. The molecule has 0 radical (unpaired) electrons. The third kappa shape index (κ3) is 3.44. The number of aryl methyl sites for hydroxylation is 2. The number of amides is 2. The predicted molar refractivity (Wildman–Crippen MR) is 115 cm³/mol. The quantitative estimate of drug-likeness (QED) is 0.695. The summed E-state index contributed by atoms with van der Waals surface area (Å²) >= 11 is 1.55. The van der Waals surface area contributed by atoms with Crippen LogP contribution in [0.25, 0.3) is 11.0 Å². The molecule has 4 rings (SSSR count). The third-order valence-electron chi connectivity index (χ3n) is 5.46. The Morgan fingerprint density at radius 3 is 2.79 bits per heavy atom. The number of rotatable bonds is 3. The standard InChI is InChI=1S/C21H22N4O3S/c1-12-5-4-6-15(13(12)2)22-19(26)18-10-29-11-25(18)20(27)14-7-8-17-16(9-14)23-21(28)24(17)3/h4-9,18H,10-11H2,1-3H3,(H,22,26)(H,23,28).